The highest BCUT2D eigenvalue weighted by Crippen LogP contribution is 2.62. The Kier molecular flexibility index (Phi) is 3.07. The van der Waals surface area contributed by atoms with Gasteiger partial charge in [-0.15, -0.1) is 12.3 Å². The smallest absolute Gasteiger partial charge is 0.115 e. The molecule has 2 saturated carbocycles. The number of hydrogen-bond acceptors (Lipinski definition) is 2. The van der Waals surface area contributed by atoms with Gasteiger partial charge >= 0.3 is 0 Å². The second kappa shape index (κ2) is 4.77. The third-order valence-electron chi connectivity index (χ3n) is 6.93. The summed E-state index contributed by atoms with van der Waals surface area (Å²) in [6.07, 6.45) is 10.8. The summed E-state index contributed by atoms with van der Waals surface area (Å²) < 4.78 is 0. The zero-order chi connectivity index (χ0) is 15.5. The molecule has 6 atom stereocenters. The van der Waals surface area contributed by atoms with Crippen LogP contribution >= 0.6 is 0 Å². The van der Waals surface area contributed by atoms with Gasteiger partial charge in [0.2, 0.25) is 0 Å². The van der Waals surface area contributed by atoms with Crippen molar-refractivity contribution < 1.29 is 10.2 Å². The van der Waals surface area contributed by atoms with Crippen LogP contribution in [0.4, 0.5) is 0 Å². The van der Waals surface area contributed by atoms with E-state index in [0.29, 0.717) is 23.5 Å². The Morgan fingerprint density at radius 3 is 2.86 bits per heavy atom. The number of phenols is 1. The van der Waals surface area contributed by atoms with E-state index in [0.717, 1.165) is 32.1 Å². The van der Waals surface area contributed by atoms with E-state index >= 15 is 0 Å². The summed E-state index contributed by atoms with van der Waals surface area (Å²) in [5.41, 5.74) is 2.66. The van der Waals surface area contributed by atoms with Gasteiger partial charge in [0.1, 0.15) is 5.75 Å². The number of phenolic OH excluding ortho intramolecular Hbond substituents is 1. The number of rotatable bonds is 0. The average Bonchev–Trinajstić information content (AvgIpc) is 2.81. The molecule has 0 saturated heterocycles. The van der Waals surface area contributed by atoms with E-state index in [2.05, 4.69) is 18.9 Å². The van der Waals surface area contributed by atoms with Gasteiger partial charge in [0.15, 0.2) is 0 Å². The van der Waals surface area contributed by atoms with Crippen LogP contribution in [0.2, 0.25) is 0 Å². The maximum Gasteiger partial charge on any atom is 0.115 e. The average molecular weight is 296 g/mol. The summed E-state index contributed by atoms with van der Waals surface area (Å²) in [6.45, 7) is 2.27. The van der Waals surface area contributed by atoms with Crippen molar-refractivity contribution in [2.45, 2.75) is 51.0 Å². The Balaban J connectivity index is 1.79. The van der Waals surface area contributed by atoms with E-state index < -0.39 is 0 Å². The van der Waals surface area contributed by atoms with E-state index in [-0.39, 0.29) is 17.4 Å². The number of aromatic hydroxyl groups is 1. The van der Waals surface area contributed by atoms with Gasteiger partial charge in [0.25, 0.3) is 0 Å². The molecule has 1 aromatic rings. The van der Waals surface area contributed by atoms with Crippen LogP contribution in [0, 0.1) is 35.5 Å². The summed E-state index contributed by atoms with van der Waals surface area (Å²) in [5.74, 6) is 5.12. The van der Waals surface area contributed by atoms with Gasteiger partial charge in [-0.25, -0.2) is 0 Å². The highest BCUT2D eigenvalue weighted by Gasteiger charge is 2.56. The molecule has 116 valence electrons. The first-order valence-electron chi connectivity index (χ1n) is 8.50. The first-order chi connectivity index (χ1) is 10.5. The maximum absolute atomic E-state index is 10.5. The summed E-state index contributed by atoms with van der Waals surface area (Å²) in [5, 5.41) is 20.3. The van der Waals surface area contributed by atoms with Gasteiger partial charge < -0.3 is 10.2 Å². The molecule has 2 N–H and O–H groups in total. The Morgan fingerprint density at radius 2 is 2.09 bits per heavy atom. The molecule has 0 aliphatic heterocycles. The minimum absolute atomic E-state index is 0.0463. The fourth-order valence-corrected chi connectivity index (χ4v) is 5.76. The molecule has 0 unspecified atom stereocenters. The lowest BCUT2D eigenvalue weighted by Crippen LogP contribution is -2.46. The molecule has 3 aliphatic rings. The molecule has 0 heterocycles. The van der Waals surface area contributed by atoms with Crippen molar-refractivity contribution in [3.05, 3.63) is 29.3 Å². The number of terminal acetylenes is 1. The zero-order valence-corrected chi connectivity index (χ0v) is 13.1. The minimum Gasteiger partial charge on any atom is -0.508 e. The van der Waals surface area contributed by atoms with E-state index in [1.165, 1.54) is 11.1 Å². The largest absolute Gasteiger partial charge is 0.508 e. The summed E-state index contributed by atoms with van der Waals surface area (Å²) in [6, 6.07) is 5.81. The molecule has 0 aromatic heterocycles. The first-order valence-corrected chi connectivity index (χ1v) is 8.50. The van der Waals surface area contributed by atoms with E-state index in [4.69, 9.17) is 6.42 Å². The fraction of sp³-hybridized carbons (Fsp3) is 0.600. The van der Waals surface area contributed by atoms with Crippen molar-refractivity contribution in [1.29, 1.82) is 0 Å². The Bertz CT molecular complexity index is 644. The molecule has 0 spiro atoms. The SMILES string of the molecule is C#C[C@@H]1Cc2cc(O)ccc2[C@H]2CC[C@]3(C)[C@@H](O)CC[C@H]3[C@H]12. The molecule has 2 fully saturated rings. The molecule has 2 nitrogen and oxygen atoms in total. The molecule has 4 rings (SSSR count). The molecule has 22 heavy (non-hydrogen) atoms. The number of fused-ring (bicyclic) bond motifs is 5. The van der Waals surface area contributed by atoms with Crippen molar-refractivity contribution in [2.75, 3.05) is 0 Å². The van der Waals surface area contributed by atoms with Gasteiger partial charge in [0, 0.05) is 5.92 Å². The zero-order valence-electron chi connectivity index (χ0n) is 13.1. The van der Waals surface area contributed by atoms with Crippen LogP contribution in [-0.4, -0.2) is 16.3 Å². The Morgan fingerprint density at radius 1 is 1.27 bits per heavy atom. The molecular weight excluding hydrogens is 272 g/mol. The Hall–Kier alpha value is -1.46. The van der Waals surface area contributed by atoms with E-state index in [1.807, 2.05) is 12.1 Å². The van der Waals surface area contributed by atoms with Crippen LogP contribution in [0.15, 0.2) is 18.2 Å². The molecule has 1 aromatic carbocycles. The maximum atomic E-state index is 10.5. The van der Waals surface area contributed by atoms with Crippen molar-refractivity contribution in [1.82, 2.24) is 0 Å². The standard InChI is InChI=1S/C20H24O2/c1-3-12-10-13-11-14(21)4-5-15(13)16-8-9-20(2)17(19(12)16)6-7-18(20)22/h1,4-5,11-12,16-19,21-22H,6-10H2,2H3/t12-,16-,17+,18+,19-,20+/m1/s1. The van der Waals surface area contributed by atoms with Gasteiger partial charge in [-0.1, -0.05) is 13.0 Å². The van der Waals surface area contributed by atoms with Crippen LogP contribution in [-0.2, 0) is 6.42 Å². The number of aliphatic hydroxyl groups is 1. The molecular formula is C20H24O2. The van der Waals surface area contributed by atoms with Gasteiger partial charge in [-0.2, -0.15) is 0 Å². The molecule has 2 heteroatoms. The minimum atomic E-state index is -0.168. The van der Waals surface area contributed by atoms with Crippen molar-refractivity contribution in [3.63, 3.8) is 0 Å². The molecule has 0 radical (unpaired) electrons. The number of aliphatic hydroxyl groups excluding tert-OH is 1. The van der Waals surface area contributed by atoms with Crippen LogP contribution in [0.5, 0.6) is 5.75 Å². The monoisotopic (exact) mass is 296 g/mol. The predicted molar refractivity (Wildman–Crippen MR) is 86.4 cm³/mol. The summed E-state index contributed by atoms with van der Waals surface area (Å²) in [4.78, 5) is 0. The van der Waals surface area contributed by atoms with Crippen molar-refractivity contribution in [3.8, 4) is 18.1 Å². The van der Waals surface area contributed by atoms with Crippen LogP contribution in [0.3, 0.4) is 0 Å². The lowest BCUT2D eigenvalue weighted by atomic mass is 9.52. The number of benzene rings is 1. The lowest BCUT2D eigenvalue weighted by molar-refractivity contribution is -0.0309. The second-order valence-corrected chi connectivity index (χ2v) is 7.79. The van der Waals surface area contributed by atoms with Gasteiger partial charge in [0.05, 0.1) is 6.10 Å². The summed E-state index contributed by atoms with van der Waals surface area (Å²) >= 11 is 0. The third kappa shape index (κ3) is 1.78. The van der Waals surface area contributed by atoms with Gasteiger partial charge in [-0.05, 0) is 78.5 Å². The second-order valence-electron chi connectivity index (χ2n) is 7.79. The molecule has 3 aliphatic carbocycles. The van der Waals surface area contributed by atoms with Crippen molar-refractivity contribution in [2.24, 2.45) is 23.2 Å². The normalized spacial score (nSPS) is 42.9. The highest BCUT2D eigenvalue weighted by atomic mass is 16.3. The van der Waals surface area contributed by atoms with Gasteiger partial charge in [-0.3, -0.25) is 0 Å². The van der Waals surface area contributed by atoms with E-state index in [1.54, 1.807) is 0 Å². The van der Waals surface area contributed by atoms with Crippen LogP contribution in [0.25, 0.3) is 0 Å². The quantitative estimate of drug-likeness (QED) is 0.720. The first kappa shape index (κ1) is 14.2. The molecule has 0 bridgehead atoms. The molecule has 0 amide bonds. The van der Waals surface area contributed by atoms with Crippen LogP contribution < -0.4 is 0 Å². The third-order valence-corrected chi connectivity index (χ3v) is 6.93. The summed E-state index contributed by atoms with van der Waals surface area (Å²) in [7, 11) is 0. The van der Waals surface area contributed by atoms with Crippen LogP contribution in [0.1, 0.15) is 49.7 Å². The predicted octanol–water partition coefficient (Wildman–Crippen LogP) is 3.47. The van der Waals surface area contributed by atoms with E-state index in [9.17, 15) is 10.2 Å². The Labute approximate surface area is 132 Å². The highest BCUT2D eigenvalue weighted by molar-refractivity contribution is 5.41. The van der Waals surface area contributed by atoms with Crippen molar-refractivity contribution >= 4 is 0 Å². The lowest BCUT2D eigenvalue weighted by Gasteiger charge is -2.52. The fourth-order valence-electron chi connectivity index (χ4n) is 5.76. The topological polar surface area (TPSA) is 40.5 Å². The number of hydrogen-bond donors (Lipinski definition) is 2.